The molecule has 0 aromatic carbocycles. The largest absolute Gasteiger partial charge is 0.373 e. The molecular formula is C10H17Cl2IO. The molecule has 1 aliphatic carbocycles. The number of rotatable bonds is 5. The highest BCUT2D eigenvalue weighted by Crippen LogP contribution is 2.24. The average molecular weight is 351 g/mol. The van der Waals surface area contributed by atoms with Crippen LogP contribution in [0.3, 0.4) is 0 Å². The molecule has 0 aromatic heterocycles. The van der Waals surface area contributed by atoms with Crippen molar-refractivity contribution in [2.75, 3.05) is 11.8 Å². The van der Waals surface area contributed by atoms with E-state index < -0.39 is 0 Å². The quantitative estimate of drug-likeness (QED) is 0.538. The molecule has 84 valence electrons. The lowest BCUT2D eigenvalue weighted by molar-refractivity contribution is -0.0155. The summed E-state index contributed by atoms with van der Waals surface area (Å²) in [4.78, 5) is 0. The first-order chi connectivity index (χ1) is 6.77. The maximum Gasteiger partial charge on any atom is 0.0843 e. The monoisotopic (exact) mass is 350 g/mol. The summed E-state index contributed by atoms with van der Waals surface area (Å²) in [5, 5.41) is 0. The molecule has 0 saturated heterocycles. The van der Waals surface area contributed by atoms with Crippen LogP contribution in [-0.2, 0) is 4.74 Å². The van der Waals surface area contributed by atoms with Gasteiger partial charge in [-0.05, 0) is 12.8 Å². The predicted molar refractivity (Wildman–Crippen MR) is 71.0 cm³/mol. The fourth-order valence-corrected chi connectivity index (χ4v) is 2.98. The van der Waals surface area contributed by atoms with E-state index in [1.165, 1.54) is 32.1 Å². The third kappa shape index (κ3) is 4.42. The maximum atomic E-state index is 5.97. The topological polar surface area (TPSA) is 9.23 Å². The Bertz CT molecular complexity index is 151. The van der Waals surface area contributed by atoms with E-state index in [2.05, 4.69) is 22.6 Å². The number of ether oxygens (including phenoxy) is 1. The van der Waals surface area contributed by atoms with E-state index in [1.54, 1.807) is 0 Å². The number of halogens is 3. The minimum Gasteiger partial charge on any atom is -0.373 e. The van der Waals surface area contributed by atoms with Crippen molar-refractivity contribution in [3.05, 3.63) is 0 Å². The molecule has 0 amide bonds. The minimum atomic E-state index is 0.123. The molecule has 0 radical (unpaired) electrons. The van der Waals surface area contributed by atoms with Crippen molar-refractivity contribution in [2.24, 2.45) is 0 Å². The Kier molecular flexibility index (Phi) is 7.17. The van der Waals surface area contributed by atoms with E-state index in [1.807, 2.05) is 0 Å². The molecule has 0 aromatic rings. The van der Waals surface area contributed by atoms with Crippen LogP contribution in [-0.4, -0.2) is 27.9 Å². The molecule has 2 atom stereocenters. The first-order valence-electron chi connectivity index (χ1n) is 5.19. The van der Waals surface area contributed by atoms with Crippen LogP contribution in [0.5, 0.6) is 0 Å². The van der Waals surface area contributed by atoms with E-state index in [0.717, 1.165) is 0 Å². The number of alkyl halides is 3. The van der Waals surface area contributed by atoms with Gasteiger partial charge in [-0.15, -0.1) is 23.2 Å². The summed E-state index contributed by atoms with van der Waals surface area (Å²) < 4.78 is 6.30. The van der Waals surface area contributed by atoms with Gasteiger partial charge in [-0.3, -0.25) is 0 Å². The third-order valence-electron chi connectivity index (χ3n) is 2.62. The summed E-state index contributed by atoms with van der Waals surface area (Å²) in [5.74, 6) is 1.17. The lowest BCUT2D eigenvalue weighted by Crippen LogP contribution is -2.33. The van der Waals surface area contributed by atoms with Gasteiger partial charge in [0.1, 0.15) is 0 Å². The van der Waals surface area contributed by atoms with Crippen molar-refractivity contribution in [3.63, 3.8) is 0 Å². The second-order valence-corrected chi connectivity index (χ2v) is 5.98. The predicted octanol–water partition coefficient (Wildman–Crippen LogP) is 3.99. The van der Waals surface area contributed by atoms with Crippen LogP contribution in [0.2, 0.25) is 0 Å². The first-order valence-corrected chi connectivity index (χ1v) is 7.51. The fourth-order valence-electron chi connectivity index (χ4n) is 1.77. The standard InChI is InChI=1S/C10H17Cl2IO/c11-6-9(13)10(7-12)14-8-4-2-1-3-5-8/h8-10H,1-7H2. The van der Waals surface area contributed by atoms with Crippen LogP contribution in [0.25, 0.3) is 0 Å². The van der Waals surface area contributed by atoms with Gasteiger partial charge < -0.3 is 4.74 Å². The number of hydrogen-bond donors (Lipinski definition) is 0. The number of hydrogen-bond acceptors (Lipinski definition) is 1. The van der Waals surface area contributed by atoms with Crippen LogP contribution in [0.4, 0.5) is 0 Å². The van der Waals surface area contributed by atoms with Crippen molar-refractivity contribution in [1.82, 2.24) is 0 Å². The second kappa shape index (κ2) is 7.53. The van der Waals surface area contributed by atoms with E-state index in [4.69, 9.17) is 27.9 Å². The third-order valence-corrected chi connectivity index (χ3v) is 5.02. The van der Waals surface area contributed by atoms with Crippen molar-refractivity contribution in [1.29, 1.82) is 0 Å². The lowest BCUT2D eigenvalue weighted by atomic mass is 9.97. The Morgan fingerprint density at radius 1 is 1.14 bits per heavy atom. The zero-order valence-electron chi connectivity index (χ0n) is 8.22. The summed E-state index contributed by atoms with van der Waals surface area (Å²) in [5.41, 5.74) is 0. The molecule has 1 aliphatic rings. The van der Waals surface area contributed by atoms with E-state index in [0.29, 0.717) is 21.8 Å². The fraction of sp³-hybridized carbons (Fsp3) is 1.00. The highest BCUT2D eigenvalue weighted by atomic mass is 127. The molecule has 1 rings (SSSR count). The Morgan fingerprint density at radius 3 is 2.29 bits per heavy atom. The molecule has 0 spiro atoms. The molecular weight excluding hydrogens is 334 g/mol. The highest BCUT2D eigenvalue weighted by molar-refractivity contribution is 14.1. The van der Waals surface area contributed by atoms with Gasteiger partial charge in [0.05, 0.1) is 16.1 Å². The highest BCUT2D eigenvalue weighted by Gasteiger charge is 2.23. The van der Waals surface area contributed by atoms with Crippen LogP contribution in [0.1, 0.15) is 32.1 Å². The van der Waals surface area contributed by atoms with Gasteiger partial charge in [0.2, 0.25) is 0 Å². The first kappa shape index (κ1) is 13.3. The summed E-state index contributed by atoms with van der Waals surface area (Å²) in [6.45, 7) is 0. The summed E-state index contributed by atoms with van der Waals surface area (Å²) in [7, 11) is 0. The van der Waals surface area contributed by atoms with E-state index in [9.17, 15) is 0 Å². The summed E-state index contributed by atoms with van der Waals surface area (Å²) in [6, 6.07) is 0. The summed E-state index contributed by atoms with van der Waals surface area (Å²) >= 11 is 14.0. The SMILES string of the molecule is ClCC(I)C(CCl)OC1CCCCC1. The normalized spacial score (nSPS) is 23.4. The molecule has 1 fully saturated rings. The Morgan fingerprint density at radius 2 is 1.79 bits per heavy atom. The van der Waals surface area contributed by atoms with Gasteiger partial charge in [-0.2, -0.15) is 0 Å². The van der Waals surface area contributed by atoms with Crippen LogP contribution >= 0.6 is 45.8 Å². The zero-order chi connectivity index (χ0) is 10.4. The second-order valence-electron chi connectivity index (χ2n) is 3.76. The van der Waals surface area contributed by atoms with Gasteiger partial charge in [0.25, 0.3) is 0 Å². The molecule has 0 bridgehead atoms. The molecule has 2 unspecified atom stereocenters. The maximum absolute atomic E-state index is 5.97. The molecule has 0 N–H and O–H groups in total. The van der Waals surface area contributed by atoms with Gasteiger partial charge in [-0.25, -0.2) is 0 Å². The molecule has 1 nitrogen and oxygen atoms in total. The van der Waals surface area contributed by atoms with Crippen LogP contribution < -0.4 is 0 Å². The lowest BCUT2D eigenvalue weighted by Gasteiger charge is -2.28. The van der Waals surface area contributed by atoms with Gasteiger partial charge in [0, 0.05) is 11.8 Å². The van der Waals surface area contributed by atoms with E-state index >= 15 is 0 Å². The van der Waals surface area contributed by atoms with Gasteiger partial charge in [0.15, 0.2) is 0 Å². The van der Waals surface area contributed by atoms with Gasteiger partial charge in [-0.1, -0.05) is 41.9 Å². The Labute approximate surface area is 110 Å². The smallest absolute Gasteiger partial charge is 0.0843 e. The van der Waals surface area contributed by atoms with Crippen molar-refractivity contribution < 1.29 is 4.74 Å². The molecule has 0 aliphatic heterocycles. The minimum absolute atomic E-state index is 0.123. The van der Waals surface area contributed by atoms with Crippen LogP contribution in [0, 0.1) is 0 Å². The van der Waals surface area contributed by atoms with Crippen molar-refractivity contribution >= 4 is 45.8 Å². The zero-order valence-corrected chi connectivity index (χ0v) is 11.9. The molecule has 0 heterocycles. The summed E-state index contributed by atoms with van der Waals surface area (Å²) in [6.07, 6.45) is 6.89. The Balaban J connectivity index is 2.30. The molecule has 14 heavy (non-hydrogen) atoms. The Hall–Kier alpha value is 1.27. The van der Waals surface area contributed by atoms with Crippen molar-refractivity contribution in [2.45, 2.75) is 48.2 Å². The van der Waals surface area contributed by atoms with Crippen LogP contribution in [0.15, 0.2) is 0 Å². The van der Waals surface area contributed by atoms with Gasteiger partial charge >= 0.3 is 0 Å². The molecule has 4 heteroatoms. The van der Waals surface area contributed by atoms with Crippen molar-refractivity contribution in [3.8, 4) is 0 Å². The average Bonchev–Trinajstić information content (AvgIpc) is 2.26. The molecule has 1 saturated carbocycles. The van der Waals surface area contributed by atoms with E-state index in [-0.39, 0.29) is 6.10 Å².